The van der Waals surface area contributed by atoms with Crippen molar-refractivity contribution in [3.05, 3.63) is 188 Å². The first-order chi connectivity index (χ1) is 37.9. The Kier molecular flexibility index (Phi) is 12.1. The summed E-state index contributed by atoms with van der Waals surface area (Å²) in [6.07, 6.45) is 0. The summed E-state index contributed by atoms with van der Waals surface area (Å²) in [5.74, 6) is 1.82. The zero-order chi connectivity index (χ0) is 53.7. The molecular weight excluding hydrogens is 935 g/mol. The summed E-state index contributed by atoms with van der Waals surface area (Å²) in [6, 6.07) is 67.1. The summed E-state index contributed by atoms with van der Waals surface area (Å²) in [5.41, 5.74) is 29.5. The van der Waals surface area contributed by atoms with Crippen LogP contribution in [0, 0.1) is 0 Å². The molecule has 5 nitrogen and oxygen atoms in total. The second-order valence-corrected chi connectivity index (χ2v) is 21.5. The molecule has 3 heterocycles. The predicted octanol–water partition coefficient (Wildman–Crippen LogP) is -1.35. The van der Waals surface area contributed by atoms with Gasteiger partial charge >= 0.3 is 0 Å². The van der Waals surface area contributed by atoms with Crippen LogP contribution < -0.4 is 54.6 Å². The lowest BCUT2D eigenvalue weighted by Crippen LogP contribution is -2.48. The van der Waals surface area contributed by atoms with Crippen molar-refractivity contribution >= 4 is 177 Å². The van der Waals surface area contributed by atoms with Crippen LogP contribution in [0.4, 0.5) is 0 Å². The molecule has 0 unspecified atom stereocenters. The first-order valence-corrected chi connectivity index (χ1v) is 27.2. The van der Waals surface area contributed by atoms with Gasteiger partial charge < -0.3 is 9.13 Å². The number of para-hydroxylation sites is 1. The number of hydrogen-bond acceptors (Lipinski definition) is 3. The van der Waals surface area contributed by atoms with Crippen LogP contribution in [0.2, 0.25) is 0 Å². The Morgan fingerprint density at radius 1 is 0.244 bits per heavy atom. The van der Waals surface area contributed by atoms with E-state index in [0.717, 1.165) is 61.4 Å². The Bertz CT molecular complexity index is 4470. The first-order valence-electron chi connectivity index (χ1n) is 27.2. The van der Waals surface area contributed by atoms with Gasteiger partial charge in [-0.05, 0) is 86.6 Å². The van der Waals surface area contributed by atoms with Crippen LogP contribution in [0.5, 0.6) is 0 Å². The van der Waals surface area contributed by atoms with Crippen molar-refractivity contribution in [3.63, 3.8) is 0 Å². The van der Waals surface area contributed by atoms with Crippen LogP contribution in [-0.2, 0) is 0 Å². The zero-order valence-corrected chi connectivity index (χ0v) is 46.1. The van der Waals surface area contributed by atoms with E-state index in [0.29, 0.717) is 17.5 Å². The maximum atomic E-state index is 5.56. The molecule has 0 saturated carbocycles. The van der Waals surface area contributed by atoms with E-state index < -0.39 is 0 Å². The standard InChI is InChI=1S/C63H51B10N5/c64-47-45-43-49(66)51(68)53(70)55(72)57(43)77(40-24-14-5-15-25-40)59(45)60-46(48(47)65)44-50(67)52(69)54(71)56(73)58(44)78(60)42-27-26-36(39-29-37(32-16-6-1-7-17-32)28-38(30-39)33-18-8-2-9-19-33)31-41(42)63-75-61(34-20-10-3-11-21-34)74-62(76-63)35-22-12-4-13-23-35/h1-31H,64-73H2. The molecule has 13 aromatic rings. The second kappa shape index (κ2) is 19.2. The molecule has 0 spiro atoms. The minimum absolute atomic E-state index is 0.594. The van der Waals surface area contributed by atoms with E-state index >= 15 is 0 Å². The van der Waals surface area contributed by atoms with Crippen molar-refractivity contribution < 1.29 is 0 Å². The third-order valence-electron chi connectivity index (χ3n) is 17.4. The lowest BCUT2D eigenvalue weighted by atomic mass is 9.64. The molecule has 0 aliphatic rings. The van der Waals surface area contributed by atoms with Crippen LogP contribution in [0.1, 0.15) is 0 Å². The van der Waals surface area contributed by atoms with Crippen molar-refractivity contribution in [2.24, 2.45) is 0 Å². The van der Waals surface area contributed by atoms with Crippen molar-refractivity contribution in [1.29, 1.82) is 0 Å². The fraction of sp³-hybridized carbons (Fsp3) is 0. The normalized spacial score (nSPS) is 11.6. The average Bonchev–Trinajstić information content (AvgIpc) is 4.12. The summed E-state index contributed by atoms with van der Waals surface area (Å²) in [4.78, 5) is 16.4. The van der Waals surface area contributed by atoms with Crippen LogP contribution in [0.25, 0.3) is 123 Å². The van der Waals surface area contributed by atoms with E-state index in [1.54, 1.807) is 0 Å². The van der Waals surface area contributed by atoms with E-state index in [2.05, 4.69) is 264 Å². The van der Waals surface area contributed by atoms with E-state index in [-0.39, 0.29) is 0 Å². The van der Waals surface area contributed by atoms with Gasteiger partial charge in [0.05, 0.1) is 16.7 Å². The third kappa shape index (κ3) is 7.72. The fourth-order valence-corrected chi connectivity index (χ4v) is 12.5. The molecule has 358 valence electrons. The maximum Gasteiger partial charge on any atom is 0.166 e. The minimum atomic E-state index is 0.594. The van der Waals surface area contributed by atoms with E-state index in [4.69, 9.17) is 15.0 Å². The number of aromatic nitrogens is 5. The van der Waals surface area contributed by atoms with Crippen LogP contribution in [0.15, 0.2) is 188 Å². The Labute approximate surface area is 465 Å². The minimum Gasteiger partial charge on any atom is -0.308 e. The summed E-state index contributed by atoms with van der Waals surface area (Å²) < 4.78 is 5.20. The van der Waals surface area contributed by atoms with Crippen LogP contribution in [-0.4, -0.2) is 103 Å². The molecule has 0 aliphatic carbocycles. The van der Waals surface area contributed by atoms with Crippen molar-refractivity contribution in [2.75, 3.05) is 0 Å². The van der Waals surface area contributed by atoms with Gasteiger partial charge in [-0.25, -0.2) is 15.0 Å². The van der Waals surface area contributed by atoms with Crippen molar-refractivity contribution in [2.45, 2.75) is 0 Å². The van der Waals surface area contributed by atoms with Gasteiger partial charge in [-0.2, -0.15) is 0 Å². The summed E-state index contributed by atoms with van der Waals surface area (Å²) in [6.45, 7) is 0. The maximum absolute atomic E-state index is 5.56. The van der Waals surface area contributed by atoms with Gasteiger partial charge in [-0.15, -0.1) is 10.9 Å². The molecule has 78 heavy (non-hydrogen) atoms. The van der Waals surface area contributed by atoms with Gasteiger partial charge in [0.1, 0.15) is 78.5 Å². The Balaban J connectivity index is 1.25. The third-order valence-corrected chi connectivity index (χ3v) is 17.4. The van der Waals surface area contributed by atoms with Crippen LogP contribution >= 0.6 is 0 Å². The molecule has 3 aromatic heterocycles. The van der Waals surface area contributed by atoms with Crippen molar-refractivity contribution in [1.82, 2.24) is 24.1 Å². The van der Waals surface area contributed by atoms with E-state index in [1.807, 2.05) is 12.1 Å². The highest BCUT2D eigenvalue weighted by molar-refractivity contribution is 6.71. The molecule has 0 N–H and O–H groups in total. The smallest absolute Gasteiger partial charge is 0.166 e. The molecular formula is C63H51B10N5. The lowest BCUT2D eigenvalue weighted by Gasteiger charge is -2.20. The molecule has 0 saturated heterocycles. The molecule has 0 fully saturated rings. The zero-order valence-electron chi connectivity index (χ0n) is 46.1. The van der Waals surface area contributed by atoms with Gasteiger partial charge in [0.25, 0.3) is 0 Å². The molecule has 10 aromatic carbocycles. The first kappa shape index (κ1) is 49.1. The largest absolute Gasteiger partial charge is 0.308 e. The summed E-state index contributed by atoms with van der Waals surface area (Å²) >= 11 is 0. The monoisotopic (exact) mass is 988 g/mol. The van der Waals surface area contributed by atoms with Gasteiger partial charge in [0.2, 0.25) is 0 Å². The quantitative estimate of drug-likeness (QED) is 0.178. The highest BCUT2D eigenvalue weighted by atomic mass is 15.1. The Morgan fingerprint density at radius 3 is 1.03 bits per heavy atom. The van der Waals surface area contributed by atoms with Gasteiger partial charge in [-0.3, -0.25) is 0 Å². The molecule has 0 amide bonds. The van der Waals surface area contributed by atoms with Gasteiger partial charge in [0, 0.05) is 44.2 Å². The fourth-order valence-electron chi connectivity index (χ4n) is 12.5. The average molecular weight is 986 g/mol. The van der Waals surface area contributed by atoms with Gasteiger partial charge in [0.15, 0.2) is 17.5 Å². The molecule has 0 aliphatic heterocycles. The number of hydrogen-bond donors (Lipinski definition) is 0. The Morgan fingerprint density at radius 2 is 0.577 bits per heavy atom. The highest BCUT2D eigenvalue weighted by Gasteiger charge is 2.30. The topological polar surface area (TPSA) is 48.5 Å². The molecule has 0 atom stereocenters. The van der Waals surface area contributed by atoms with E-state index in [1.165, 1.54) is 98.2 Å². The highest BCUT2D eigenvalue weighted by Crippen LogP contribution is 2.42. The Hall–Kier alpha value is -8.54. The van der Waals surface area contributed by atoms with Crippen molar-refractivity contribution in [3.8, 4) is 78.9 Å². The van der Waals surface area contributed by atoms with Crippen LogP contribution in [0.3, 0.4) is 0 Å². The number of nitrogens with zero attached hydrogens (tertiary/aromatic N) is 5. The SMILES string of the molecule is Bc1c(B)c(B)c2c(c1B)c1c(B)c(B)c3c4c(B)c(B)c(B)c(B)c4n(-c4ccc(-c5cc(-c6ccccc6)cc(-c6ccccc6)c5)cc4-c4nc(-c5ccccc5)nc(-c5ccccc5)n4)c3c1n2-c1ccccc1. The van der Waals surface area contributed by atoms with Gasteiger partial charge in [-0.1, -0.05) is 189 Å². The lowest BCUT2D eigenvalue weighted by molar-refractivity contribution is 1.06. The molecule has 0 radical (unpaired) electrons. The number of fused-ring (bicyclic) bond motifs is 7. The summed E-state index contributed by atoms with van der Waals surface area (Å²) in [7, 11) is 23.2. The molecule has 13 rings (SSSR count). The summed E-state index contributed by atoms with van der Waals surface area (Å²) in [5, 5.41) is 5.15. The second-order valence-electron chi connectivity index (χ2n) is 21.5. The number of benzene rings is 10. The van der Waals surface area contributed by atoms with E-state index in [9.17, 15) is 0 Å². The predicted molar refractivity (Wildman–Crippen MR) is 363 cm³/mol. The number of rotatable bonds is 8. The molecule has 0 bridgehead atoms. The molecule has 15 heteroatoms.